The Labute approximate surface area is 162 Å². The zero-order valence-electron chi connectivity index (χ0n) is 18.0. The van der Waals surface area contributed by atoms with Crippen LogP contribution in [0.3, 0.4) is 0 Å². The average molecular weight is 386 g/mol. The zero-order valence-corrected chi connectivity index (χ0v) is 18.0. The number of esters is 3. The SMILES string of the molecule is CC(C)(C)C(=O)OC1COCC(OC(=O)C(C)(C)C)C1OC(=O)C(C)(C)C. The highest BCUT2D eigenvalue weighted by Gasteiger charge is 2.45. The summed E-state index contributed by atoms with van der Waals surface area (Å²) in [5.74, 6) is -1.37. The van der Waals surface area contributed by atoms with Gasteiger partial charge >= 0.3 is 17.9 Å². The summed E-state index contributed by atoms with van der Waals surface area (Å²) in [5.41, 5.74) is -2.21. The van der Waals surface area contributed by atoms with Crippen LogP contribution in [0.15, 0.2) is 0 Å². The minimum Gasteiger partial charge on any atom is -0.455 e. The van der Waals surface area contributed by atoms with Crippen LogP contribution in [0.5, 0.6) is 0 Å². The maximum Gasteiger partial charge on any atom is 0.311 e. The number of hydrogen-bond donors (Lipinski definition) is 0. The molecule has 0 radical (unpaired) electrons. The number of carbonyl (C=O) groups excluding carboxylic acids is 3. The summed E-state index contributed by atoms with van der Waals surface area (Å²) in [6.07, 6.45) is -2.63. The highest BCUT2D eigenvalue weighted by molar-refractivity contribution is 5.77. The van der Waals surface area contributed by atoms with Gasteiger partial charge in [0.1, 0.15) is 0 Å². The summed E-state index contributed by atoms with van der Waals surface area (Å²) < 4.78 is 22.2. The van der Waals surface area contributed by atoms with Gasteiger partial charge in [-0.05, 0) is 62.3 Å². The molecular formula is C20H34O7. The second-order valence-corrected chi connectivity index (χ2v) is 10.0. The van der Waals surface area contributed by atoms with E-state index in [1.54, 1.807) is 62.3 Å². The molecular weight excluding hydrogens is 352 g/mol. The minimum atomic E-state index is -0.928. The van der Waals surface area contributed by atoms with Gasteiger partial charge in [0.05, 0.1) is 29.5 Å². The largest absolute Gasteiger partial charge is 0.455 e. The summed E-state index contributed by atoms with van der Waals surface area (Å²) in [6, 6.07) is 0. The standard InChI is InChI=1S/C20H34O7/c1-18(2,3)15(21)25-12-10-24-11-13(26-16(22)19(4,5)6)14(12)27-17(23)20(7,8)9/h12-14H,10-11H2,1-9H3. The molecule has 0 aromatic rings. The van der Waals surface area contributed by atoms with Crippen molar-refractivity contribution >= 4 is 17.9 Å². The molecule has 1 fully saturated rings. The average Bonchev–Trinajstić information content (AvgIpc) is 2.47. The Kier molecular flexibility index (Phi) is 7.08. The Hall–Kier alpha value is -1.63. The molecule has 0 spiro atoms. The molecule has 0 aliphatic carbocycles. The molecule has 1 heterocycles. The summed E-state index contributed by atoms with van der Waals surface area (Å²) in [6.45, 7) is 15.7. The molecule has 2 unspecified atom stereocenters. The molecule has 1 aliphatic rings. The van der Waals surface area contributed by atoms with E-state index in [1.807, 2.05) is 0 Å². The normalized spacial score (nSPS) is 24.1. The Bertz CT molecular complexity index is 524. The monoisotopic (exact) mass is 386 g/mol. The second kappa shape index (κ2) is 8.17. The number of rotatable bonds is 3. The van der Waals surface area contributed by atoms with Crippen molar-refractivity contribution in [1.82, 2.24) is 0 Å². The first-order chi connectivity index (χ1) is 12.0. The molecule has 156 valence electrons. The highest BCUT2D eigenvalue weighted by Crippen LogP contribution is 2.27. The van der Waals surface area contributed by atoms with Crippen LogP contribution in [-0.4, -0.2) is 49.4 Å². The lowest BCUT2D eigenvalue weighted by molar-refractivity contribution is -0.219. The molecule has 0 aromatic heterocycles. The van der Waals surface area contributed by atoms with Gasteiger partial charge in [0.15, 0.2) is 18.3 Å². The topological polar surface area (TPSA) is 88.1 Å². The van der Waals surface area contributed by atoms with E-state index in [1.165, 1.54) is 0 Å². The number of carbonyl (C=O) groups is 3. The van der Waals surface area contributed by atoms with Crippen LogP contribution < -0.4 is 0 Å². The van der Waals surface area contributed by atoms with Gasteiger partial charge in [-0.2, -0.15) is 0 Å². The van der Waals surface area contributed by atoms with E-state index < -0.39 is 52.5 Å². The predicted octanol–water partition coefficient (Wildman–Crippen LogP) is 2.89. The summed E-state index contributed by atoms with van der Waals surface area (Å²) >= 11 is 0. The van der Waals surface area contributed by atoms with Gasteiger partial charge < -0.3 is 18.9 Å². The molecule has 0 saturated carbocycles. The Morgan fingerprint density at radius 3 is 1.22 bits per heavy atom. The van der Waals surface area contributed by atoms with Crippen molar-refractivity contribution in [1.29, 1.82) is 0 Å². The van der Waals surface area contributed by atoms with Crippen molar-refractivity contribution in [3.63, 3.8) is 0 Å². The fourth-order valence-corrected chi connectivity index (χ4v) is 2.01. The molecule has 0 aromatic carbocycles. The van der Waals surface area contributed by atoms with Crippen molar-refractivity contribution in [2.75, 3.05) is 13.2 Å². The molecule has 1 saturated heterocycles. The first-order valence-electron chi connectivity index (χ1n) is 9.24. The molecule has 0 bridgehead atoms. The van der Waals surface area contributed by atoms with Gasteiger partial charge in [-0.3, -0.25) is 14.4 Å². The van der Waals surface area contributed by atoms with E-state index in [4.69, 9.17) is 18.9 Å². The van der Waals surface area contributed by atoms with E-state index in [2.05, 4.69) is 0 Å². The van der Waals surface area contributed by atoms with Gasteiger partial charge in [0.2, 0.25) is 0 Å². The van der Waals surface area contributed by atoms with Crippen molar-refractivity contribution < 1.29 is 33.3 Å². The third-order valence-corrected chi connectivity index (χ3v) is 3.89. The van der Waals surface area contributed by atoms with Crippen LogP contribution in [0.25, 0.3) is 0 Å². The molecule has 0 amide bonds. The fourth-order valence-electron chi connectivity index (χ4n) is 2.01. The van der Waals surface area contributed by atoms with Crippen molar-refractivity contribution in [2.24, 2.45) is 16.2 Å². The Morgan fingerprint density at radius 1 is 0.630 bits per heavy atom. The Balaban J connectivity index is 3.07. The molecule has 7 nitrogen and oxygen atoms in total. The first kappa shape index (κ1) is 23.4. The third-order valence-electron chi connectivity index (χ3n) is 3.89. The Morgan fingerprint density at radius 2 is 0.926 bits per heavy atom. The maximum atomic E-state index is 12.4. The molecule has 27 heavy (non-hydrogen) atoms. The van der Waals surface area contributed by atoms with E-state index in [0.717, 1.165) is 0 Å². The summed E-state index contributed by atoms with van der Waals surface area (Å²) in [7, 11) is 0. The predicted molar refractivity (Wildman–Crippen MR) is 98.8 cm³/mol. The van der Waals surface area contributed by atoms with E-state index in [-0.39, 0.29) is 13.2 Å². The molecule has 0 N–H and O–H groups in total. The molecule has 1 rings (SSSR count). The fraction of sp³-hybridized carbons (Fsp3) is 0.850. The van der Waals surface area contributed by atoms with Crippen LogP contribution in [-0.2, 0) is 33.3 Å². The lowest BCUT2D eigenvalue weighted by Crippen LogP contribution is -2.55. The number of hydrogen-bond acceptors (Lipinski definition) is 7. The molecule has 2 atom stereocenters. The van der Waals surface area contributed by atoms with E-state index in [9.17, 15) is 14.4 Å². The lowest BCUT2D eigenvalue weighted by atomic mass is 9.95. The van der Waals surface area contributed by atoms with Gasteiger partial charge in [-0.1, -0.05) is 0 Å². The van der Waals surface area contributed by atoms with Crippen LogP contribution >= 0.6 is 0 Å². The van der Waals surface area contributed by atoms with Gasteiger partial charge in [0.25, 0.3) is 0 Å². The lowest BCUT2D eigenvalue weighted by Gasteiger charge is -2.38. The maximum absolute atomic E-state index is 12.4. The van der Waals surface area contributed by atoms with Crippen LogP contribution in [0.1, 0.15) is 62.3 Å². The summed E-state index contributed by atoms with van der Waals surface area (Å²) in [4.78, 5) is 37.1. The van der Waals surface area contributed by atoms with Crippen molar-refractivity contribution in [3.05, 3.63) is 0 Å². The third kappa shape index (κ3) is 6.79. The van der Waals surface area contributed by atoms with E-state index >= 15 is 0 Å². The van der Waals surface area contributed by atoms with Crippen LogP contribution in [0, 0.1) is 16.2 Å². The quantitative estimate of drug-likeness (QED) is 0.544. The molecule has 7 heteroatoms. The van der Waals surface area contributed by atoms with Crippen molar-refractivity contribution in [2.45, 2.75) is 80.6 Å². The second-order valence-electron chi connectivity index (χ2n) is 10.0. The van der Waals surface area contributed by atoms with E-state index in [0.29, 0.717) is 0 Å². The van der Waals surface area contributed by atoms with Gasteiger partial charge in [-0.15, -0.1) is 0 Å². The highest BCUT2D eigenvalue weighted by atomic mass is 16.6. The molecule has 1 aliphatic heterocycles. The van der Waals surface area contributed by atoms with Crippen LogP contribution in [0.4, 0.5) is 0 Å². The summed E-state index contributed by atoms with van der Waals surface area (Å²) in [5, 5.41) is 0. The van der Waals surface area contributed by atoms with Gasteiger partial charge in [-0.25, -0.2) is 0 Å². The van der Waals surface area contributed by atoms with Gasteiger partial charge in [0, 0.05) is 0 Å². The number of ether oxygens (including phenoxy) is 4. The first-order valence-corrected chi connectivity index (χ1v) is 9.24. The smallest absolute Gasteiger partial charge is 0.311 e. The van der Waals surface area contributed by atoms with Crippen LogP contribution in [0.2, 0.25) is 0 Å². The van der Waals surface area contributed by atoms with Crippen molar-refractivity contribution in [3.8, 4) is 0 Å². The minimum absolute atomic E-state index is 0.0630. The zero-order chi connectivity index (χ0) is 21.2.